The van der Waals surface area contributed by atoms with Crippen molar-refractivity contribution in [1.29, 1.82) is 0 Å². The third-order valence-corrected chi connectivity index (χ3v) is 5.12. The van der Waals surface area contributed by atoms with Crippen LogP contribution < -0.4 is 4.74 Å². The number of carbonyl (C=O) groups excluding carboxylic acids is 1. The molecule has 1 atom stereocenters. The van der Waals surface area contributed by atoms with Crippen molar-refractivity contribution in [2.45, 2.75) is 5.37 Å². The van der Waals surface area contributed by atoms with Crippen LogP contribution in [0.4, 0.5) is 0 Å². The molecule has 3 nitrogen and oxygen atoms in total. The molecule has 1 amide bonds. The smallest absolute Gasteiger partial charge is 0.255 e. The van der Waals surface area contributed by atoms with E-state index in [0.29, 0.717) is 10.6 Å². The minimum absolute atomic E-state index is 0.0216. The van der Waals surface area contributed by atoms with Gasteiger partial charge in [-0.2, -0.15) is 0 Å². The molecule has 0 aliphatic carbocycles. The lowest BCUT2D eigenvalue weighted by atomic mass is 10.1. The Labute approximate surface area is 139 Å². The molecular formula is C17H16ClNO2S. The summed E-state index contributed by atoms with van der Waals surface area (Å²) < 4.78 is 5.13. The zero-order chi connectivity index (χ0) is 15.5. The first-order valence-electron chi connectivity index (χ1n) is 7.01. The molecule has 0 unspecified atom stereocenters. The predicted molar refractivity (Wildman–Crippen MR) is 90.7 cm³/mol. The van der Waals surface area contributed by atoms with Gasteiger partial charge >= 0.3 is 0 Å². The maximum atomic E-state index is 12.8. The van der Waals surface area contributed by atoms with E-state index in [1.807, 2.05) is 41.3 Å². The number of amides is 1. The largest absolute Gasteiger partial charge is 0.497 e. The maximum Gasteiger partial charge on any atom is 0.255 e. The van der Waals surface area contributed by atoms with Crippen LogP contribution in [-0.2, 0) is 0 Å². The van der Waals surface area contributed by atoms with Gasteiger partial charge in [-0.15, -0.1) is 11.8 Å². The van der Waals surface area contributed by atoms with E-state index in [1.54, 1.807) is 31.0 Å². The predicted octanol–water partition coefficient (Wildman–Crippen LogP) is 4.24. The van der Waals surface area contributed by atoms with Gasteiger partial charge in [-0.05, 0) is 42.0 Å². The molecule has 22 heavy (non-hydrogen) atoms. The Morgan fingerprint density at radius 1 is 1.27 bits per heavy atom. The minimum atomic E-state index is 0.0216. The Bertz CT molecular complexity index is 675. The molecule has 0 bridgehead atoms. The van der Waals surface area contributed by atoms with Crippen LogP contribution in [0.15, 0.2) is 48.5 Å². The number of benzene rings is 2. The van der Waals surface area contributed by atoms with Crippen LogP contribution >= 0.6 is 23.4 Å². The summed E-state index contributed by atoms with van der Waals surface area (Å²) in [5, 5.41) is 0.718. The molecule has 5 heteroatoms. The van der Waals surface area contributed by atoms with Gasteiger partial charge < -0.3 is 9.64 Å². The summed E-state index contributed by atoms with van der Waals surface area (Å²) in [6, 6.07) is 14.9. The molecule has 0 spiro atoms. The first-order chi connectivity index (χ1) is 10.7. The van der Waals surface area contributed by atoms with Crippen LogP contribution in [0.25, 0.3) is 0 Å². The first kappa shape index (κ1) is 15.3. The fraction of sp³-hybridized carbons (Fsp3) is 0.235. The minimum Gasteiger partial charge on any atom is -0.497 e. The van der Waals surface area contributed by atoms with Gasteiger partial charge in [0.1, 0.15) is 11.1 Å². The lowest BCUT2D eigenvalue weighted by Crippen LogP contribution is -2.30. The summed E-state index contributed by atoms with van der Waals surface area (Å²) in [5.41, 5.74) is 1.74. The van der Waals surface area contributed by atoms with Gasteiger partial charge in [0, 0.05) is 22.9 Å². The third-order valence-electron chi connectivity index (χ3n) is 3.62. The van der Waals surface area contributed by atoms with Crippen molar-refractivity contribution in [2.75, 3.05) is 19.4 Å². The second-order valence-corrected chi connectivity index (χ2v) is 6.63. The summed E-state index contributed by atoms with van der Waals surface area (Å²) in [7, 11) is 1.61. The Kier molecular flexibility index (Phi) is 4.60. The number of ether oxygens (including phenoxy) is 1. The molecule has 2 aromatic carbocycles. The van der Waals surface area contributed by atoms with Gasteiger partial charge in [-0.25, -0.2) is 0 Å². The van der Waals surface area contributed by atoms with E-state index in [0.717, 1.165) is 23.6 Å². The molecule has 0 saturated carbocycles. The lowest BCUT2D eigenvalue weighted by molar-refractivity contribution is 0.0760. The zero-order valence-corrected chi connectivity index (χ0v) is 13.7. The van der Waals surface area contributed by atoms with Gasteiger partial charge in [-0.1, -0.05) is 23.7 Å². The number of rotatable bonds is 3. The van der Waals surface area contributed by atoms with E-state index in [1.165, 1.54) is 0 Å². The van der Waals surface area contributed by atoms with Crippen molar-refractivity contribution in [3.05, 3.63) is 64.7 Å². The Morgan fingerprint density at radius 2 is 2.05 bits per heavy atom. The normalized spacial score (nSPS) is 17.5. The standard InChI is InChI=1S/C17H16ClNO2S/c1-21-15-7-5-12(6-8-15)16(20)19-9-10-22-17(19)13-3-2-4-14(18)11-13/h2-8,11,17H,9-10H2,1H3/t17-/m1/s1. The van der Waals surface area contributed by atoms with E-state index in [9.17, 15) is 4.79 Å². The van der Waals surface area contributed by atoms with Crippen LogP contribution in [0.1, 0.15) is 21.3 Å². The number of methoxy groups -OCH3 is 1. The maximum absolute atomic E-state index is 12.8. The van der Waals surface area contributed by atoms with Crippen molar-refractivity contribution in [1.82, 2.24) is 4.90 Å². The van der Waals surface area contributed by atoms with E-state index >= 15 is 0 Å². The van der Waals surface area contributed by atoms with E-state index < -0.39 is 0 Å². The zero-order valence-electron chi connectivity index (χ0n) is 12.2. The number of thioether (sulfide) groups is 1. The second-order valence-electron chi connectivity index (χ2n) is 5.01. The van der Waals surface area contributed by atoms with Gasteiger partial charge in [0.25, 0.3) is 5.91 Å². The monoisotopic (exact) mass is 333 g/mol. The fourth-order valence-electron chi connectivity index (χ4n) is 2.51. The van der Waals surface area contributed by atoms with E-state index in [-0.39, 0.29) is 11.3 Å². The summed E-state index contributed by atoms with van der Waals surface area (Å²) in [5.74, 6) is 1.72. The van der Waals surface area contributed by atoms with Gasteiger partial charge in [0.05, 0.1) is 7.11 Å². The highest BCUT2D eigenvalue weighted by Gasteiger charge is 2.31. The average molecular weight is 334 g/mol. The highest BCUT2D eigenvalue weighted by Crippen LogP contribution is 2.39. The van der Waals surface area contributed by atoms with Crippen LogP contribution in [0.3, 0.4) is 0 Å². The molecule has 1 fully saturated rings. The van der Waals surface area contributed by atoms with Crippen molar-refractivity contribution in [2.24, 2.45) is 0 Å². The average Bonchev–Trinajstić information content (AvgIpc) is 3.04. The lowest BCUT2D eigenvalue weighted by Gasteiger charge is -2.24. The van der Waals surface area contributed by atoms with Crippen LogP contribution in [0.5, 0.6) is 5.75 Å². The highest BCUT2D eigenvalue weighted by atomic mass is 35.5. The van der Waals surface area contributed by atoms with E-state index in [4.69, 9.17) is 16.3 Å². The van der Waals surface area contributed by atoms with Gasteiger partial charge in [0.2, 0.25) is 0 Å². The highest BCUT2D eigenvalue weighted by molar-refractivity contribution is 7.99. The topological polar surface area (TPSA) is 29.5 Å². The molecule has 0 N–H and O–H groups in total. The quantitative estimate of drug-likeness (QED) is 0.841. The third kappa shape index (κ3) is 3.08. The van der Waals surface area contributed by atoms with Crippen molar-refractivity contribution >= 4 is 29.3 Å². The molecule has 1 aliphatic heterocycles. The molecule has 2 aromatic rings. The van der Waals surface area contributed by atoms with Gasteiger partial charge in [0.15, 0.2) is 0 Å². The van der Waals surface area contributed by atoms with Crippen LogP contribution in [-0.4, -0.2) is 30.2 Å². The Hall–Kier alpha value is -1.65. The van der Waals surface area contributed by atoms with Crippen molar-refractivity contribution < 1.29 is 9.53 Å². The first-order valence-corrected chi connectivity index (χ1v) is 8.44. The summed E-state index contributed by atoms with van der Waals surface area (Å²) in [6.07, 6.45) is 0. The van der Waals surface area contributed by atoms with Crippen LogP contribution in [0.2, 0.25) is 5.02 Å². The Balaban J connectivity index is 1.84. The summed E-state index contributed by atoms with van der Waals surface area (Å²) >= 11 is 7.84. The molecule has 3 rings (SSSR count). The molecule has 114 valence electrons. The SMILES string of the molecule is COc1ccc(C(=O)N2CCS[C@@H]2c2cccc(Cl)c2)cc1. The fourth-order valence-corrected chi connectivity index (χ4v) is 3.96. The molecule has 1 heterocycles. The molecule has 1 saturated heterocycles. The van der Waals surface area contributed by atoms with Gasteiger partial charge in [-0.3, -0.25) is 4.79 Å². The number of carbonyl (C=O) groups is 1. The number of halogens is 1. The number of hydrogen-bond acceptors (Lipinski definition) is 3. The molecule has 0 radical (unpaired) electrons. The number of nitrogens with zero attached hydrogens (tertiary/aromatic N) is 1. The Morgan fingerprint density at radius 3 is 2.73 bits per heavy atom. The second kappa shape index (κ2) is 6.63. The molecule has 1 aliphatic rings. The van der Waals surface area contributed by atoms with Crippen molar-refractivity contribution in [3.63, 3.8) is 0 Å². The number of hydrogen-bond donors (Lipinski definition) is 0. The molecule has 0 aromatic heterocycles. The van der Waals surface area contributed by atoms with Crippen LogP contribution in [0, 0.1) is 0 Å². The van der Waals surface area contributed by atoms with E-state index in [2.05, 4.69) is 0 Å². The molecular weight excluding hydrogens is 318 g/mol. The summed E-state index contributed by atoms with van der Waals surface area (Å²) in [4.78, 5) is 14.7. The summed E-state index contributed by atoms with van der Waals surface area (Å²) in [6.45, 7) is 0.743. The van der Waals surface area contributed by atoms with Crippen molar-refractivity contribution in [3.8, 4) is 5.75 Å².